The Morgan fingerprint density at radius 3 is 2.52 bits per heavy atom. The van der Waals surface area contributed by atoms with E-state index in [1.165, 1.54) is 9.25 Å². The smallest absolute Gasteiger partial charge is 0.352 e. The van der Waals surface area contributed by atoms with E-state index in [0.717, 1.165) is 42.4 Å². The fourth-order valence-corrected chi connectivity index (χ4v) is 5.43. The Labute approximate surface area is 178 Å². The highest BCUT2D eigenvalue weighted by molar-refractivity contribution is 5.51. The molecule has 1 aliphatic carbocycles. The quantitative estimate of drug-likeness (QED) is 0.618. The van der Waals surface area contributed by atoms with Gasteiger partial charge >= 0.3 is 11.4 Å². The van der Waals surface area contributed by atoms with Crippen molar-refractivity contribution in [3.63, 3.8) is 0 Å². The largest absolute Gasteiger partial charge is 0.508 e. The third-order valence-electron chi connectivity index (χ3n) is 6.91. The maximum atomic E-state index is 13.6. The summed E-state index contributed by atoms with van der Waals surface area (Å²) in [4.78, 5) is 26.9. The van der Waals surface area contributed by atoms with E-state index in [4.69, 9.17) is 4.74 Å². The second kappa shape index (κ2) is 6.26. The summed E-state index contributed by atoms with van der Waals surface area (Å²) in [6, 6.07) is 12.0. The fourth-order valence-electron chi connectivity index (χ4n) is 5.43. The van der Waals surface area contributed by atoms with Crippen LogP contribution in [0.3, 0.4) is 0 Å². The van der Waals surface area contributed by atoms with Crippen LogP contribution in [-0.2, 0) is 6.54 Å². The molecule has 0 amide bonds. The predicted octanol–water partition coefficient (Wildman–Crippen LogP) is 3.05. The molecule has 1 N–H and O–H groups in total. The summed E-state index contributed by atoms with van der Waals surface area (Å²) in [7, 11) is 0. The summed E-state index contributed by atoms with van der Waals surface area (Å²) >= 11 is 0. The maximum Gasteiger partial charge on any atom is 0.352 e. The first-order valence-corrected chi connectivity index (χ1v) is 10.7. The van der Waals surface area contributed by atoms with E-state index in [0.29, 0.717) is 18.0 Å². The molecule has 0 radical (unpaired) electrons. The molecular weight excluding hydrogens is 394 g/mol. The van der Waals surface area contributed by atoms with Crippen molar-refractivity contribution in [2.24, 2.45) is 0 Å². The third-order valence-corrected chi connectivity index (χ3v) is 6.91. The molecule has 1 unspecified atom stereocenters. The zero-order chi connectivity index (χ0) is 21.3. The monoisotopic (exact) mass is 417 g/mol. The molecule has 1 spiro atoms. The van der Waals surface area contributed by atoms with E-state index in [1.807, 2.05) is 19.1 Å². The molecule has 158 valence electrons. The van der Waals surface area contributed by atoms with Crippen molar-refractivity contribution in [1.29, 1.82) is 0 Å². The Hall–Kier alpha value is -3.48. The Morgan fingerprint density at radius 1 is 1.03 bits per heavy atom. The number of phenolic OH excluding ortho intramolecular Hbond substituents is 1. The molecule has 1 aromatic heterocycles. The summed E-state index contributed by atoms with van der Waals surface area (Å²) in [6.07, 6.45) is 5.88. The molecule has 2 aromatic carbocycles. The maximum absolute atomic E-state index is 13.6. The van der Waals surface area contributed by atoms with Gasteiger partial charge in [-0.15, -0.1) is 0 Å². The first-order valence-electron chi connectivity index (χ1n) is 10.7. The summed E-state index contributed by atoms with van der Waals surface area (Å²) < 4.78 is 10.8. The first kappa shape index (κ1) is 18.3. The molecule has 3 aliphatic rings. The lowest BCUT2D eigenvalue weighted by Gasteiger charge is -2.44. The van der Waals surface area contributed by atoms with Crippen LogP contribution in [0, 0.1) is 6.92 Å². The molecule has 31 heavy (non-hydrogen) atoms. The Bertz CT molecular complexity index is 1350. The second-order valence-corrected chi connectivity index (χ2v) is 8.75. The van der Waals surface area contributed by atoms with Crippen LogP contribution >= 0.6 is 0 Å². The summed E-state index contributed by atoms with van der Waals surface area (Å²) in [5.74, 6) is 0.706. The van der Waals surface area contributed by atoms with Gasteiger partial charge in [0.1, 0.15) is 23.1 Å². The summed E-state index contributed by atoms with van der Waals surface area (Å²) in [5.41, 5.74) is 2.26. The van der Waals surface area contributed by atoms with Crippen molar-refractivity contribution < 1.29 is 9.84 Å². The van der Waals surface area contributed by atoms with Crippen LogP contribution in [-0.4, -0.2) is 24.6 Å². The number of rotatable bonds is 1. The van der Waals surface area contributed by atoms with Gasteiger partial charge in [0.05, 0.1) is 12.2 Å². The van der Waals surface area contributed by atoms with Crippen molar-refractivity contribution in [3.8, 4) is 17.2 Å². The number of allylic oxidation sites excluding steroid dienone is 1. The van der Waals surface area contributed by atoms with Gasteiger partial charge in [-0.25, -0.2) is 23.5 Å². The standard InChI is InChI=1S/C24H23N3O4/c1-15-4-6-16(7-5-15)26-22(29)25-13-10-19-21(27(25)23(26)30)18-9-8-17(28)14-20(18)31-24(19)11-2-3-12-24/h4-10,14,21,28H,2-3,11-13H2,1H3. The lowest BCUT2D eigenvalue weighted by atomic mass is 9.79. The van der Waals surface area contributed by atoms with E-state index in [9.17, 15) is 14.7 Å². The molecular formula is C24H23N3O4. The van der Waals surface area contributed by atoms with Crippen molar-refractivity contribution in [2.45, 2.75) is 50.8 Å². The molecule has 7 nitrogen and oxygen atoms in total. The van der Waals surface area contributed by atoms with E-state index < -0.39 is 11.6 Å². The van der Waals surface area contributed by atoms with Crippen molar-refractivity contribution >= 4 is 0 Å². The average Bonchev–Trinajstić information content (AvgIpc) is 3.32. The number of aromatic hydroxyl groups is 1. The number of aryl methyl sites for hydroxylation is 1. The molecule has 2 aliphatic heterocycles. The van der Waals surface area contributed by atoms with E-state index in [1.54, 1.807) is 35.0 Å². The number of benzene rings is 2. The van der Waals surface area contributed by atoms with Crippen LogP contribution in [0.1, 0.15) is 42.9 Å². The van der Waals surface area contributed by atoms with Gasteiger partial charge in [0.25, 0.3) is 0 Å². The minimum atomic E-state index is -0.488. The molecule has 0 saturated heterocycles. The van der Waals surface area contributed by atoms with Gasteiger partial charge in [-0.3, -0.25) is 0 Å². The number of nitrogens with zero attached hydrogens (tertiary/aromatic N) is 3. The highest BCUT2D eigenvalue weighted by Gasteiger charge is 2.50. The summed E-state index contributed by atoms with van der Waals surface area (Å²) in [6.45, 7) is 2.30. The Kier molecular flexibility index (Phi) is 3.70. The molecule has 1 saturated carbocycles. The van der Waals surface area contributed by atoms with E-state index >= 15 is 0 Å². The summed E-state index contributed by atoms with van der Waals surface area (Å²) in [5, 5.41) is 10.1. The van der Waals surface area contributed by atoms with E-state index in [2.05, 4.69) is 6.08 Å². The highest BCUT2D eigenvalue weighted by Crippen LogP contribution is 2.52. The Balaban J connectivity index is 1.61. The molecule has 3 heterocycles. The molecule has 7 heteroatoms. The second-order valence-electron chi connectivity index (χ2n) is 8.75. The minimum Gasteiger partial charge on any atom is -0.508 e. The SMILES string of the molecule is Cc1ccc(-n2c(=O)n3n(c2=O)C2C(=CC3)C3(CCCC3)Oc3cc(O)ccc32)cc1. The lowest BCUT2D eigenvalue weighted by molar-refractivity contribution is 0.0831. The zero-order valence-corrected chi connectivity index (χ0v) is 17.2. The van der Waals surface area contributed by atoms with Crippen LogP contribution in [0.15, 0.2) is 63.7 Å². The number of ether oxygens (including phenoxy) is 1. The number of phenols is 1. The van der Waals surface area contributed by atoms with E-state index in [-0.39, 0.29) is 17.1 Å². The van der Waals surface area contributed by atoms with Crippen LogP contribution in [0.5, 0.6) is 11.5 Å². The van der Waals surface area contributed by atoms with Gasteiger partial charge in [-0.05, 0) is 56.9 Å². The Morgan fingerprint density at radius 2 is 1.77 bits per heavy atom. The van der Waals surface area contributed by atoms with Crippen LogP contribution in [0.4, 0.5) is 0 Å². The lowest BCUT2D eigenvalue weighted by Crippen LogP contribution is -2.48. The zero-order valence-electron chi connectivity index (χ0n) is 17.2. The molecule has 1 atom stereocenters. The molecule has 0 bridgehead atoms. The molecule has 1 fully saturated rings. The van der Waals surface area contributed by atoms with Gasteiger partial charge in [-0.1, -0.05) is 23.8 Å². The number of hydrogen-bond acceptors (Lipinski definition) is 4. The molecule has 3 aromatic rings. The number of hydrogen-bond donors (Lipinski definition) is 1. The van der Waals surface area contributed by atoms with Crippen molar-refractivity contribution in [1.82, 2.24) is 13.9 Å². The van der Waals surface area contributed by atoms with Gasteiger partial charge < -0.3 is 9.84 Å². The number of fused-ring (bicyclic) bond motifs is 6. The molecule has 6 rings (SSSR count). The van der Waals surface area contributed by atoms with Gasteiger partial charge in [-0.2, -0.15) is 0 Å². The van der Waals surface area contributed by atoms with Gasteiger partial charge in [0.2, 0.25) is 0 Å². The number of aromatic nitrogens is 3. The minimum absolute atomic E-state index is 0.122. The third kappa shape index (κ3) is 2.46. The van der Waals surface area contributed by atoms with Crippen LogP contribution in [0.2, 0.25) is 0 Å². The van der Waals surface area contributed by atoms with Crippen LogP contribution in [0.25, 0.3) is 5.69 Å². The first-order chi connectivity index (χ1) is 15.0. The van der Waals surface area contributed by atoms with Gasteiger partial charge in [0.15, 0.2) is 0 Å². The average molecular weight is 417 g/mol. The topological polar surface area (TPSA) is 78.4 Å². The van der Waals surface area contributed by atoms with Crippen LogP contribution < -0.4 is 16.1 Å². The van der Waals surface area contributed by atoms with Gasteiger partial charge in [0, 0.05) is 17.2 Å². The highest BCUT2D eigenvalue weighted by atomic mass is 16.5. The fraction of sp³-hybridized carbons (Fsp3) is 0.333. The normalized spacial score (nSPS) is 20.5. The van der Waals surface area contributed by atoms with Crippen molar-refractivity contribution in [3.05, 3.63) is 86.2 Å². The predicted molar refractivity (Wildman–Crippen MR) is 115 cm³/mol. The van der Waals surface area contributed by atoms with Crippen molar-refractivity contribution in [2.75, 3.05) is 0 Å².